The van der Waals surface area contributed by atoms with Crippen molar-refractivity contribution in [3.05, 3.63) is 28.2 Å². The largest absolute Gasteiger partial charge is 0.369 e. The molecule has 0 heterocycles. The zero-order chi connectivity index (χ0) is 14.5. The first-order valence-electron chi connectivity index (χ1n) is 7.63. The van der Waals surface area contributed by atoms with E-state index in [-0.39, 0.29) is 0 Å². The molecule has 0 saturated heterocycles. The summed E-state index contributed by atoms with van der Waals surface area (Å²) in [6.45, 7) is 5.66. The maximum Gasteiger partial charge on any atom is 0.151 e. The number of benzene rings is 1. The topological polar surface area (TPSA) is 20.3 Å². The van der Waals surface area contributed by atoms with Gasteiger partial charge in [0, 0.05) is 28.3 Å². The molecule has 3 heteroatoms. The number of rotatable bonds is 6. The Morgan fingerprint density at radius 1 is 1.35 bits per heavy atom. The molecule has 1 fully saturated rings. The van der Waals surface area contributed by atoms with E-state index in [1.165, 1.54) is 37.8 Å². The number of carbonyl (C=O) groups excluding carboxylic acids is 1. The Labute approximate surface area is 130 Å². The Balaban J connectivity index is 2.20. The summed E-state index contributed by atoms with van der Waals surface area (Å²) >= 11 is 3.51. The summed E-state index contributed by atoms with van der Waals surface area (Å²) in [6, 6.07) is 6.78. The number of hydrogen-bond acceptors (Lipinski definition) is 2. The van der Waals surface area contributed by atoms with E-state index in [2.05, 4.69) is 46.8 Å². The fourth-order valence-corrected chi connectivity index (χ4v) is 3.39. The lowest BCUT2D eigenvalue weighted by molar-refractivity contribution is 0.112. The van der Waals surface area contributed by atoms with Gasteiger partial charge in [0.25, 0.3) is 0 Å². The van der Waals surface area contributed by atoms with E-state index in [4.69, 9.17) is 0 Å². The molecule has 0 bridgehead atoms. The molecule has 0 spiro atoms. The molecule has 1 aliphatic rings. The highest BCUT2D eigenvalue weighted by molar-refractivity contribution is 9.10. The van der Waals surface area contributed by atoms with Crippen LogP contribution >= 0.6 is 15.9 Å². The van der Waals surface area contributed by atoms with Gasteiger partial charge >= 0.3 is 0 Å². The normalized spacial score (nSPS) is 15.8. The van der Waals surface area contributed by atoms with Crippen molar-refractivity contribution >= 4 is 27.9 Å². The summed E-state index contributed by atoms with van der Waals surface area (Å²) in [5, 5.41) is 0. The van der Waals surface area contributed by atoms with E-state index in [1.807, 2.05) is 6.07 Å². The van der Waals surface area contributed by atoms with E-state index in [1.54, 1.807) is 0 Å². The van der Waals surface area contributed by atoms with Crippen molar-refractivity contribution in [2.45, 2.75) is 52.0 Å². The van der Waals surface area contributed by atoms with Crippen molar-refractivity contribution in [2.75, 3.05) is 11.4 Å². The lowest BCUT2D eigenvalue weighted by Crippen LogP contribution is -2.34. The van der Waals surface area contributed by atoms with Gasteiger partial charge in [0.2, 0.25) is 0 Å². The van der Waals surface area contributed by atoms with E-state index < -0.39 is 0 Å². The first-order chi connectivity index (χ1) is 9.61. The first-order valence-corrected chi connectivity index (χ1v) is 8.42. The Morgan fingerprint density at radius 2 is 2.05 bits per heavy atom. The van der Waals surface area contributed by atoms with Gasteiger partial charge < -0.3 is 4.90 Å². The van der Waals surface area contributed by atoms with Crippen LogP contribution in [0.1, 0.15) is 56.3 Å². The highest BCUT2D eigenvalue weighted by Crippen LogP contribution is 2.31. The Bertz CT molecular complexity index is 452. The first kappa shape index (κ1) is 15.6. The SMILES string of the molecule is CC(C)CCN(c1ccc(C=O)c(Br)c1)C1CCCC1. The van der Waals surface area contributed by atoms with Crippen LogP contribution in [-0.2, 0) is 0 Å². The second-order valence-electron chi connectivity index (χ2n) is 6.14. The van der Waals surface area contributed by atoms with Gasteiger partial charge in [-0.05, 0) is 59.3 Å². The summed E-state index contributed by atoms with van der Waals surface area (Å²) in [5.41, 5.74) is 1.97. The molecule has 0 aromatic heterocycles. The molecule has 20 heavy (non-hydrogen) atoms. The molecular formula is C17H24BrNO. The number of carbonyl (C=O) groups is 1. The molecule has 0 amide bonds. The van der Waals surface area contributed by atoms with Crippen LogP contribution in [0.15, 0.2) is 22.7 Å². The molecule has 0 atom stereocenters. The molecule has 1 aromatic carbocycles. The smallest absolute Gasteiger partial charge is 0.151 e. The third kappa shape index (κ3) is 3.85. The minimum Gasteiger partial charge on any atom is -0.369 e. The van der Waals surface area contributed by atoms with Crippen LogP contribution in [-0.4, -0.2) is 18.9 Å². The van der Waals surface area contributed by atoms with E-state index >= 15 is 0 Å². The fourth-order valence-electron chi connectivity index (χ4n) is 2.93. The maximum absolute atomic E-state index is 10.9. The van der Waals surface area contributed by atoms with Gasteiger partial charge in [0.15, 0.2) is 6.29 Å². The van der Waals surface area contributed by atoms with Gasteiger partial charge in [-0.1, -0.05) is 26.7 Å². The number of aldehydes is 1. The summed E-state index contributed by atoms with van der Waals surface area (Å²) in [6.07, 6.45) is 7.40. The zero-order valence-corrected chi connectivity index (χ0v) is 14.0. The second kappa shape index (κ2) is 7.26. The Hall–Kier alpha value is -0.830. The van der Waals surface area contributed by atoms with E-state index in [0.717, 1.165) is 28.8 Å². The van der Waals surface area contributed by atoms with Crippen molar-refractivity contribution in [3.63, 3.8) is 0 Å². The molecule has 2 nitrogen and oxygen atoms in total. The van der Waals surface area contributed by atoms with Crippen LogP contribution in [0, 0.1) is 5.92 Å². The van der Waals surface area contributed by atoms with Crippen LogP contribution in [0.5, 0.6) is 0 Å². The second-order valence-corrected chi connectivity index (χ2v) is 6.99. The van der Waals surface area contributed by atoms with Crippen molar-refractivity contribution in [1.29, 1.82) is 0 Å². The number of halogens is 1. The predicted molar refractivity (Wildman–Crippen MR) is 88.6 cm³/mol. The standard InChI is InChI=1S/C17H24BrNO/c1-13(2)9-10-19(15-5-3-4-6-15)16-8-7-14(12-20)17(18)11-16/h7-8,11-13,15H,3-6,9-10H2,1-2H3. The highest BCUT2D eigenvalue weighted by Gasteiger charge is 2.23. The van der Waals surface area contributed by atoms with Gasteiger partial charge in [0.05, 0.1) is 0 Å². The van der Waals surface area contributed by atoms with Crippen LogP contribution in [0.25, 0.3) is 0 Å². The number of anilines is 1. The van der Waals surface area contributed by atoms with Gasteiger partial charge in [-0.15, -0.1) is 0 Å². The molecule has 0 aliphatic heterocycles. The third-order valence-electron chi connectivity index (χ3n) is 4.16. The van der Waals surface area contributed by atoms with Gasteiger partial charge in [0.1, 0.15) is 0 Å². The van der Waals surface area contributed by atoms with Crippen LogP contribution in [0.2, 0.25) is 0 Å². The zero-order valence-electron chi connectivity index (χ0n) is 12.4. The number of hydrogen-bond donors (Lipinski definition) is 0. The monoisotopic (exact) mass is 337 g/mol. The predicted octanol–water partition coefficient (Wildman–Crippen LogP) is 5.06. The molecule has 1 saturated carbocycles. The van der Waals surface area contributed by atoms with Crippen molar-refractivity contribution in [3.8, 4) is 0 Å². The molecule has 110 valence electrons. The highest BCUT2D eigenvalue weighted by atomic mass is 79.9. The summed E-state index contributed by atoms with van der Waals surface area (Å²) in [4.78, 5) is 13.5. The molecule has 1 aromatic rings. The lowest BCUT2D eigenvalue weighted by atomic mass is 10.1. The van der Waals surface area contributed by atoms with Crippen molar-refractivity contribution in [2.24, 2.45) is 5.92 Å². The van der Waals surface area contributed by atoms with Gasteiger partial charge in [-0.25, -0.2) is 0 Å². The summed E-state index contributed by atoms with van der Waals surface area (Å²) < 4.78 is 0.901. The Kier molecular flexibility index (Phi) is 5.64. The molecule has 0 unspecified atom stereocenters. The molecule has 2 rings (SSSR count). The molecular weight excluding hydrogens is 314 g/mol. The van der Waals surface area contributed by atoms with E-state index in [9.17, 15) is 4.79 Å². The third-order valence-corrected chi connectivity index (χ3v) is 4.84. The Morgan fingerprint density at radius 3 is 2.60 bits per heavy atom. The molecule has 0 radical (unpaired) electrons. The van der Waals surface area contributed by atoms with Gasteiger partial charge in [-0.2, -0.15) is 0 Å². The van der Waals surface area contributed by atoms with Crippen molar-refractivity contribution in [1.82, 2.24) is 0 Å². The van der Waals surface area contributed by atoms with Crippen LogP contribution in [0.4, 0.5) is 5.69 Å². The molecule has 0 N–H and O–H groups in total. The summed E-state index contributed by atoms with van der Waals surface area (Å²) in [5.74, 6) is 0.719. The fraction of sp³-hybridized carbons (Fsp3) is 0.588. The minimum atomic E-state index is 0.669. The average molecular weight is 338 g/mol. The maximum atomic E-state index is 10.9. The molecule has 1 aliphatic carbocycles. The number of nitrogens with zero attached hydrogens (tertiary/aromatic N) is 1. The lowest BCUT2D eigenvalue weighted by Gasteiger charge is -2.32. The van der Waals surface area contributed by atoms with Crippen molar-refractivity contribution < 1.29 is 4.79 Å². The van der Waals surface area contributed by atoms with E-state index in [0.29, 0.717) is 6.04 Å². The van der Waals surface area contributed by atoms with Crippen LogP contribution in [0.3, 0.4) is 0 Å². The van der Waals surface area contributed by atoms with Gasteiger partial charge in [-0.3, -0.25) is 4.79 Å². The minimum absolute atomic E-state index is 0.669. The average Bonchev–Trinajstić information content (AvgIpc) is 2.93. The quantitative estimate of drug-likeness (QED) is 0.676. The summed E-state index contributed by atoms with van der Waals surface area (Å²) in [7, 11) is 0. The van der Waals surface area contributed by atoms with Crippen LogP contribution < -0.4 is 4.90 Å².